The van der Waals surface area contributed by atoms with Crippen molar-refractivity contribution < 1.29 is 0 Å². The number of thiophene rings is 1. The molecule has 0 aliphatic heterocycles. The standard InChI is InChI=1S/C16H18N2S/c1-11-4-7-16(14(8-11)10-17)18-12(2)9-15-6-5-13(3)19-15/h4-8,12,18H,9H2,1-3H3. The van der Waals surface area contributed by atoms with Crippen LogP contribution in [0.5, 0.6) is 0 Å². The predicted molar refractivity (Wildman–Crippen MR) is 81.7 cm³/mol. The minimum absolute atomic E-state index is 0.313. The van der Waals surface area contributed by atoms with E-state index in [0.29, 0.717) is 11.6 Å². The number of benzene rings is 1. The number of hydrogen-bond acceptors (Lipinski definition) is 3. The number of nitriles is 1. The molecule has 98 valence electrons. The monoisotopic (exact) mass is 270 g/mol. The Labute approximate surface area is 118 Å². The smallest absolute Gasteiger partial charge is 0.101 e. The molecule has 0 bridgehead atoms. The van der Waals surface area contributed by atoms with Gasteiger partial charge in [-0.1, -0.05) is 6.07 Å². The van der Waals surface area contributed by atoms with Crippen LogP contribution in [0.3, 0.4) is 0 Å². The zero-order valence-electron chi connectivity index (χ0n) is 11.5. The Morgan fingerprint density at radius 3 is 2.68 bits per heavy atom. The summed E-state index contributed by atoms with van der Waals surface area (Å²) in [5, 5.41) is 12.6. The van der Waals surface area contributed by atoms with Crippen LogP contribution < -0.4 is 5.32 Å². The van der Waals surface area contributed by atoms with Crippen molar-refractivity contribution in [3.63, 3.8) is 0 Å². The predicted octanol–water partition coefficient (Wildman–Crippen LogP) is 4.28. The van der Waals surface area contributed by atoms with E-state index in [2.05, 4.69) is 37.4 Å². The number of nitrogens with one attached hydrogen (secondary N) is 1. The van der Waals surface area contributed by atoms with Crippen molar-refractivity contribution in [2.45, 2.75) is 33.2 Å². The highest BCUT2D eigenvalue weighted by Crippen LogP contribution is 2.21. The second kappa shape index (κ2) is 5.90. The number of rotatable bonds is 4. The molecule has 1 aromatic heterocycles. The Hall–Kier alpha value is -1.79. The lowest BCUT2D eigenvalue weighted by molar-refractivity contribution is 0.800. The fourth-order valence-corrected chi connectivity index (χ4v) is 3.11. The van der Waals surface area contributed by atoms with E-state index in [4.69, 9.17) is 5.26 Å². The van der Waals surface area contributed by atoms with E-state index in [1.807, 2.05) is 36.5 Å². The van der Waals surface area contributed by atoms with Crippen molar-refractivity contribution in [2.24, 2.45) is 0 Å². The highest BCUT2D eigenvalue weighted by atomic mass is 32.1. The van der Waals surface area contributed by atoms with Crippen LogP contribution in [0.1, 0.15) is 27.8 Å². The average molecular weight is 270 g/mol. The first-order valence-electron chi connectivity index (χ1n) is 6.41. The van der Waals surface area contributed by atoms with Gasteiger partial charge in [-0.25, -0.2) is 0 Å². The Bertz CT molecular complexity index is 607. The summed E-state index contributed by atoms with van der Waals surface area (Å²) in [7, 11) is 0. The van der Waals surface area contributed by atoms with Crippen LogP contribution in [0.4, 0.5) is 5.69 Å². The summed E-state index contributed by atoms with van der Waals surface area (Å²) >= 11 is 1.83. The normalized spacial score (nSPS) is 11.9. The highest BCUT2D eigenvalue weighted by Gasteiger charge is 2.08. The molecule has 3 heteroatoms. The highest BCUT2D eigenvalue weighted by molar-refractivity contribution is 7.11. The molecule has 0 aliphatic carbocycles. The average Bonchev–Trinajstić information content (AvgIpc) is 2.76. The van der Waals surface area contributed by atoms with Gasteiger partial charge in [0.05, 0.1) is 11.3 Å². The molecule has 0 amide bonds. The summed E-state index contributed by atoms with van der Waals surface area (Å²) in [6.07, 6.45) is 0.983. The molecule has 2 aromatic rings. The van der Waals surface area contributed by atoms with Crippen LogP contribution in [0.15, 0.2) is 30.3 Å². The molecule has 0 fully saturated rings. The van der Waals surface area contributed by atoms with Gasteiger partial charge < -0.3 is 5.32 Å². The minimum Gasteiger partial charge on any atom is -0.381 e. The molecular weight excluding hydrogens is 252 g/mol. The third-order valence-corrected chi connectivity index (χ3v) is 4.02. The zero-order chi connectivity index (χ0) is 13.8. The topological polar surface area (TPSA) is 35.8 Å². The van der Waals surface area contributed by atoms with Crippen molar-refractivity contribution >= 4 is 17.0 Å². The second-order valence-corrected chi connectivity index (χ2v) is 6.30. The first-order chi connectivity index (χ1) is 9.08. The Balaban J connectivity index is 2.07. The quantitative estimate of drug-likeness (QED) is 0.900. The van der Waals surface area contributed by atoms with E-state index >= 15 is 0 Å². The summed E-state index contributed by atoms with van der Waals surface area (Å²) in [6.45, 7) is 6.28. The molecule has 1 atom stereocenters. The SMILES string of the molecule is Cc1ccc(NC(C)Cc2ccc(C)s2)c(C#N)c1. The van der Waals surface area contributed by atoms with Crippen LogP contribution in [-0.2, 0) is 6.42 Å². The summed E-state index contributed by atoms with van der Waals surface area (Å²) in [5.74, 6) is 0. The molecule has 1 N–H and O–H groups in total. The maximum atomic E-state index is 9.16. The van der Waals surface area contributed by atoms with Crippen molar-refractivity contribution in [3.8, 4) is 6.07 Å². The number of nitrogens with zero attached hydrogens (tertiary/aromatic N) is 1. The van der Waals surface area contributed by atoms with E-state index in [-0.39, 0.29) is 0 Å². The fourth-order valence-electron chi connectivity index (χ4n) is 2.09. The Morgan fingerprint density at radius 2 is 2.05 bits per heavy atom. The van der Waals surface area contributed by atoms with Crippen molar-refractivity contribution in [1.29, 1.82) is 5.26 Å². The lowest BCUT2D eigenvalue weighted by atomic mass is 10.1. The lowest BCUT2D eigenvalue weighted by Crippen LogP contribution is -2.18. The van der Waals surface area contributed by atoms with E-state index < -0.39 is 0 Å². The van der Waals surface area contributed by atoms with E-state index in [1.54, 1.807) is 0 Å². The van der Waals surface area contributed by atoms with Crippen LogP contribution in [0.2, 0.25) is 0 Å². The molecule has 0 radical (unpaired) electrons. The van der Waals surface area contributed by atoms with Gasteiger partial charge in [-0.05, 0) is 50.6 Å². The summed E-state index contributed by atoms with van der Waals surface area (Å²) < 4.78 is 0. The maximum Gasteiger partial charge on any atom is 0.101 e. The van der Waals surface area contributed by atoms with Gasteiger partial charge in [0.25, 0.3) is 0 Å². The molecule has 0 saturated heterocycles. The van der Waals surface area contributed by atoms with Gasteiger partial charge in [0.1, 0.15) is 6.07 Å². The second-order valence-electron chi connectivity index (χ2n) is 4.92. The molecule has 19 heavy (non-hydrogen) atoms. The van der Waals surface area contributed by atoms with Gasteiger partial charge in [0, 0.05) is 22.2 Å². The van der Waals surface area contributed by atoms with Gasteiger partial charge in [0.15, 0.2) is 0 Å². The molecule has 1 aromatic carbocycles. The third kappa shape index (κ3) is 3.59. The molecule has 0 spiro atoms. The largest absolute Gasteiger partial charge is 0.381 e. The van der Waals surface area contributed by atoms with E-state index in [0.717, 1.165) is 17.7 Å². The number of anilines is 1. The molecule has 1 heterocycles. The maximum absolute atomic E-state index is 9.16. The third-order valence-electron chi connectivity index (χ3n) is 3.00. The summed E-state index contributed by atoms with van der Waals surface area (Å²) in [5.41, 5.74) is 2.76. The number of aryl methyl sites for hydroxylation is 2. The molecule has 0 saturated carbocycles. The lowest BCUT2D eigenvalue weighted by Gasteiger charge is -2.15. The van der Waals surface area contributed by atoms with Crippen LogP contribution in [0.25, 0.3) is 0 Å². The minimum atomic E-state index is 0.313. The molecule has 0 aliphatic rings. The van der Waals surface area contributed by atoms with Gasteiger partial charge >= 0.3 is 0 Å². The van der Waals surface area contributed by atoms with Crippen LogP contribution in [-0.4, -0.2) is 6.04 Å². The van der Waals surface area contributed by atoms with Gasteiger partial charge in [-0.3, -0.25) is 0 Å². The van der Waals surface area contributed by atoms with Crippen molar-refractivity contribution in [2.75, 3.05) is 5.32 Å². The summed E-state index contributed by atoms with van der Waals surface area (Å²) in [4.78, 5) is 2.72. The Morgan fingerprint density at radius 1 is 1.26 bits per heavy atom. The number of hydrogen-bond donors (Lipinski definition) is 1. The van der Waals surface area contributed by atoms with Gasteiger partial charge in [-0.2, -0.15) is 5.26 Å². The van der Waals surface area contributed by atoms with Crippen molar-refractivity contribution in [3.05, 3.63) is 51.2 Å². The van der Waals surface area contributed by atoms with E-state index in [9.17, 15) is 0 Å². The van der Waals surface area contributed by atoms with Crippen LogP contribution in [0, 0.1) is 25.2 Å². The molecular formula is C16H18N2S. The first kappa shape index (κ1) is 13.6. The summed E-state index contributed by atoms with van der Waals surface area (Å²) in [6, 6.07) is 12.8. The Kier molecular flexibility index (Phi) is 4.24. The molecule has 2 rings (SSSR count). The fraction of sp³-hybridized carbons (Fsp3) is 0.312. The van der Waals surface area contributed by atoms with Gasteiger partial charge in [0.2, 0.25) is 0 Å². The van der Waals surface area contributed by atoms with Crippen LogP contribution >= 0.6 is 11.3 Å². The van der Waals surface area contributed by atoms with Crippen molar-refractivity contribution in [1.82, 2.24) is 0 Å². The van der Waals surface area contributed by atoms with E-state index in [1.165, 1.54) is 9.75 Å². The first-order valence-corrected chi connectivity index (χ1v) is 7.22. The zero-order valence-corrected chi connectivity index (χ0v) is 12.3. The van der Waals surface area contributed by atoms with Gasteiger partial charge in [-0.15, -0.1) is 11.3 Å². The molecule has 2 nitrogen and oxygen atoms in total. The molecule has 1 unspecified atom stereocenters.